The maximum absolute atomic E-state index is 5.33. The molecule has 0 aromatic carbocycles. The third-order valence-electron chi connectivity index (χ3n) is 0.778. The van der Waals surface area contributed by atoms with Gasteiger partial charge in [-0.05, 0) is 0 Å². The van der Waals surface area contributed by atoms with E-state index in [4.69, 9.17) is 5.73 Å². The molecule has 1 aliphatic rings. The van der Waals surface area contributed by atoms with Crippen LogP contribution in [0.4, 0.5) is 0 Å². The highest BCUT2D eigenvalue weighted by atomic mass is 15.7. The summed E-state index contributed by atoms with van der Waals surface area (Å²) in [6, 6.07) is 0. The summed E-state index contributed by atoms with van der Waals surface area (Å²) in [6.07, 6.45) is 1.81. The molecule has 5 N–H and O–H groups in total. The normalized spacial score (nSPS) is 20.1. The van der Waals surface area contributed by atoms with Gasteiger partial charge in [-0.15, -0.1) is 0 Å². The van der Waals surface area contributed by atoms with Crippen LogP contribution in [0.1, 0.15) is 0 Å². The third kappa shape index (κ3) is 0.819. The molecule has 7 heavy (non-hydrogen) atoms. The first-order valence-electron chi connectivity index (χ1n) is 2.08. The Morgan fingerprint density at radius 1 is 2.00 bits per heavy atom. The van der Waals surface area contributed by atoms with Crippen LogP contribution in [0, 0.1) is 0 Å². The number of hydrazine groups is 1. The molecule has 1 heterocycles. The van der Waals surface area contributed by atoms with Crippen LogP contribution in [0.3, 0.4) is 0 Å². The Kier molecular flexibility index (Phi) is 0.883. The van der Waals surface area contributed by atoms with Gasteiger partial charge in [0, 0.05) is 7.05 Å². The largest absolute Gasteiger partial charge is 0.352 e. The quantitative estimate of drug-likeness (QED) is 0.300. The molecule has 0 saturated heterocycles. The molecule has 0 fully saturated rings. The highest BCUT2D eigenvalue weighted by Crippen LogP contribution is 1.77. The van der Waals surface area contributed by atoms with E-state index >= 15 is 0 Å². The Bertz CT molecular complexity index is 97.1. The number of rotatable bonds is 0. The van der Waals surface area contributed by atoms with Gasteiger partial charge in [0.1, 0.15) is 6.20 Å². The summed E-state index contributed by atoms with van der Waals surface area (Å²) in [4.78, 5) is 0. The topological polar surface area (TPSA) is 57.9 Å². The smallest absolute Gasteiger partial charge is 0.234 e. The lowest BCUT2D eigenvalue weighted by molar-refractivity contribution is -0.676. The Hall–Kier alpha value is -0.740. The van der Waals surface area contributed by atoms with Gasteiger partial charge in [0.15, 0.2) is 0 Å². The van der Waals surface area contributed by atoms with Gasteiger partial charge < -0.3 is 5.73 Å². The molecule has 0 unspecified atom stereocenters. The van der Waals surface area contributed by atoms with Crippen LogP contribution in [0.15, 0.2) is 12.0 Å². The van der Waals surface area contributed by atoms with Crippen LogP contribution >= 0.6 is 0 Å². The van der Waals surface area contributed by atoms with Gasteiger partial charge in [0.25, 0.3) is 0 Å². The average molecular weight is 101 g/mol. The lowest BCUT2D eigenvalue weighted by atomic mass is 10.8. The van der Waals surface area contributed by atoms with Crippen LogP contribution in [0.25, 0.3) is 0 Å². The first-order valence-corrected chi connectivity index (χ1v) is 2.08. The van der Waals surface area contributed by atoms with E-state index in [1.807, 2.05) is 7.05 Å². The number of hydrogen-bond donors (Lipinski definition) is 3. The van der Waals surface area contributed by atoms with E-state index in [0.717, 1.165) is 5.82 Å². The molecule has 0 amide bonds. The Morgan fingerprint density at radius 2 is 2.71 bits per heavy atom. The Labute approximate surface area is 41.9 Å². The van der Waals surface area contributed by atoms with Crippen molar-refractivity contribution < 1.29 is 5.43 Å². The number of quaternary nitrogens is 1. The number of nitrogens with one attached hydrogen (secondary N) is 1. The third-order valence-corrected chi connectivity index (χ3v) is 0.778. The number of nitrogens with zero attached hydrogens (tertiary/aromatic N) is 1. The highest BCUT2D eigenvalue weighted by molar-refractivity contribution is 4.82. The molecule has 0 bridgehead atoms. The van der Waals surface area contributed by atoms with Crippen molar-refractivity contribution in [2.45, 2.75) is 0 Å². The molecule has 0 aliphatic carbocycles. The molecule has 0 radical (unpaired) electrons. The zero-order valence-electron chi connectivity index (χ0n) is 4.18. The van der Waals surface area contributed by atoms with Crippen molar-refractivity contribution in [2.24, 2.45) is 5.73 Å². The zero-order valence-corrected chi connectivity index (χ0v) is 4.18. The predicted octanol–water partition coefficient (Wildman–Crippen LogP) is -2.33. The fourth-order valence-corrected chi connectivity index (χ4v) is 0.474. The summed E-state index contributed by atoms with van der Waals surface area (Å²) in [7, 11) is 1.89. The number of nitrogens with two attached hydrogens (primary N) is 2. The molecular weight excluding hydrogens is 92.1 g/mol. The SMILES string of the molecule is CN1C=C(N)[NH2+]N1. The standard InChI is InChI=1S/C3H8N4/c1-7-2-3(4)5-6-7/h2,5-6H,4H2,1H3/p+1. The molecule has 40 valence electrons. The van der Waals surface area contributed by atoms with E-state index in [9.17, 15) is 0 Å². The second-order valence-corrected chi connectivity index (χ2v) is 1.51. The first kappa shape index (κ1) is 4.42. The monoisotopic (exact) mass is 101 g/mol. The van der Waals surface area contributed by atoms with Gasteiger partial charge in [-0.2, -0.15) is 0 Å². The van der Waals surface area contributed by atoms with Crippen LogP contribution < -0.4 is 16.7 Å². The summed E-state index contributed by atoms with van der Waals surface area (Å²) in [5.74, 6) is 0.766. The van der Waals surface area contributed by atoms with Gasteiger partial charge in [-0.25, -0.2) is 5.43 Å². The molecule has 4 heteroatoms. The van der Waals surface area contributed by atoms with Gasteiger partial charge in [-0.3, -0.25) is 5.01 Å². The van der Waals surface area contributed by atoms with Crippen LogP contribution in [-0.2, 0) is 0 Å². The van der Waals surface area contributed by atoms with Crippen molar-refractivity contribution in [3.05, 3.63) is 12.0 Å². The molecular formula is C3H9N4+. The summed E-state index contributed by atoms with van der Waals surface area (Å²) in [6.45, 7) is 0. The van der Waals surface area contributed by atoms with Crippen molar-refractivity contribution in [2.75, 3.05) is 7.05 Å². The summed E-state index contributed by atoms with van der Waals surface area (Å²) < 4.78 is 0. The summed E-state index contributed by atoms with van der Waals surface area (Å²) in [5.41, 5.74) is 9.92. The van der Waals surface area contributed by atoms with Gasteiger partial charge in [0.2, 0.25) is 5.82 Å². The summed E-state index contributed by atoms with van der Waals surface area (Å²) in [5, 5.41) is 1.79. The maximum Gasteiger partial charge on any atom is 0.234 e. The lowest BCUT2D eigenvalue weighted by Crippen LogP contribution is -2.91. The van der Waals surface area contributed by atoms with Crippen molar-refractivity contribution in [1.29, 1.82) is 0 Å². The van der Waals surface area contributed by atoms with E-state index in [0.29, 0.717) is 0 Å². The zero-order chi connectivity index (χ0) is 5.28. The summed E-state index contributed by atoms with van der Waals surface area (Å²) >= 11 is 0. The minimum Gasteiger partial charge on any atom is -0.352 e. The van der Waals surface area contributed by atoms with E-state index in [-0.39, 0.29) is 0 Å². The van der Waals surface area contributed by atoms with E-state index in [1.165, 1.54) is 0 Å². The fraction of sp³-hybridized carbons (Fsp3) is 0.333. The lowest BCUT2D eigenvalue weighted by Gasteiger charge is -1.99. The minimum atomic E-state index is 0.766. The minimum absolute atomic E-state index is 0.766. The van der Waals surface area contributed by atoms with Crippen molar-refractivity contribution in [1.82, 2.24) is 10.5 Å². The second-order valence-electron chi connectivity index (χ2n) is 1.51. The average Bonchev–Trinajstić information content (AvgIpc) is 1.87. The van der Waals surface area contributed by atoms with Crippen LogP contribution in [0.5, 0.6) is 0 Å². The molecule has 0 aromatic heterocycles. The Balaban J connectivity index is 2.50. The highest BCUT2D eigenvalue weighted by Gasteiger charge is 2.05. The van der Waals surface area contributed by atoms with E-state index in [2.05, 4.69) is 5.53 Å². The predicted molar refractivity (Wildman–Crippen MR) is 25.1 cm³/mol. The van der Waals surface area contributed by atoms with Gasteiger partial charge in [0.05, 0.1) is 0 Å². The van der Waals surface area contributed by atoms with Gasteiger partial charge >= 0.3 is 0 Å². The van der Waals surface area contributed by atoms with Crippen molar-refractivity contribution >= 4 is 0 Å². The molecule has 0 aromatic rings. The van der Waals surface area contributed by atoms with Crippen LogP contribution in [-0.4, -0.2) is 12.1 Å². The second kappa shape index (κ2) is 1.40. The Morgan fingerprint density at radius 3 is 2.86 bits per heavy atom. The van der Waals surface area contributed by atoms with E-state index < -0.39 is 0 Å². The van der Waals surface area contributed by atoms with E-state index in [1.54, 1.807) is 16.6 Å². The molecule has 0 spiro atoms. The molecule has 0 saturated carbocycles. The fourth-order valence-electron chi connectivity index (χ4n) is 0.474. The van der Waals surface area contributed by atoms with Crippen molar-refractivity contribution in [3.63, 3.8) is 0 Å². The van der Waals surface area contributed by atoms with Crippen molar-refractivity contribution in [3.8, 4) is 0 Å². The van der Waals surface area contributed by atoms with Crippen LogP contribution in [0.2, 0.25) is 0 Å². The molecule has 4 nitrogen and oxygen atoms in total. The maximum atomic E-state index is 5.33. The van der Waals surface area contributed by atoms with Gasteiger partial charge in [-0.1, -0.05) is 5.53 Å². The molecule has 1 aliphatic heterocycles. The molecule has 0 atom stereocenters. The number of hydrogen-bond acceptors (Lipinski definition) is 3. The molecule has 1 rings (SSSR count). The first-order chi connectivity index (χ1) is 3.29.